The van der Waals surface area contributed by atoms with Crippen LogP contribution >= 0.6 is 0 Å². The number of carbonyl (C=O) groups is 2. The van der Waals surface area contributed by atoms with E-state index >= 15 is 0 Å². The Bertz CT molecular complexity index is 1130. The fourth-order valence-electron chi connectivity index (χ4n) is 3.11. The number of nitrogens with one attached hydrogen (secondary N) is 2. The van der Waals surface area contributed by atoms with Crippen molar-refractivity contribution in [1.29, 1.82) is 0 Å². The maximum Gasteiger partial charge on any atom is 0.272 e. The SMILES string of the molecule is CCOc1ccc(C(=O)NNC(=O)c2cc(S(=O)(=O)N3CCOCC3)ccc2F)cc1OC. The zero-order valence-electron chi connectivity index (χ0n) is 18.1. The van der Waals surface area contributed by atoms with Gasteiger partial charge in [0.05, 0.1) is 37.4 Å². The van der Waals surface area contributed by atoms with Gasteiger partial charge in [0.15, 0.2) is 11.5 Å². The fourth-order valence-corrected chi connectivity index (χ4v) is 4.55. The van der Waals surface area contributed by atoms with Crippen molar-refractivity contribution in [3.8, 4) is 11.5 Å². The van der Waals surface area contributed by atoms with Gasteiger partial charge in [-0.2, -0.15) is 4.31 Å². The lowest BCUT2D eigenvalue weighted by Gasteiger charge is -2.26. The number of methoxy groups -OCH3 is 1. The first kappa shape index (κ1) is 24.4. The summed E-state index contributed by atoms with van der Waals surface area (Å²) in [4.78, 5) is 24.6. The minimum Gasteiger partial charge on any atom is -0.493 e. The molecular weight excluding hydrogens is 457 g/mol. The van der Waals surface area contributed by atoms with E-state index in [1.165, 1.54) is 23.5 Å². The number of ether oxygens (including phenoxy) is 3. The number of nitrogens with zero attached hydrogens (tertiary/aromatic N) is 1. The summed E-state index contributed by atoms with van der Waals surface area (Å²) in [7, 11) is -2.51. The second-order valence-electron chi connectivity index (χ2n) is 6.87. The molecule has 178 valence electrons. The van der Waals surface area contributed by atoms with Gasteiger partial charge < -0.3 is 14.2 Å². The van der Waals surface area contributed by atoms with Crippen molar-refractivity contribution in [1.82, 2.24) is 15.2 Å². The molecule has 2 amide bonds. The summed E-state index contributed by atoms with van der Waals surface area (Å²) in [6.45, 7) is 3.01. The first-order chi connectivity index (χ1) is 15.8. The van der Waals surface area contributed by atoms with Gasteiger partial charge in [-0.25, -0.2) is 12.8 Å². The minimum absolute atomic E-state index is 0.153. The second-order valence-corrected chi connectivity index (χ2v) is 8.80. The molecule has 1 fully saturated rings. The van der Waals surface area contributed by atoms with Crippen molar-refractivity contribution in [3.05, 3.63) is 53.3 Å². The Labute approximate surface area is 190 Å². The molecule has 2 aromatic carbocycles. The summed E-state index contributed by atoms with van der Waals surface area (Å²) in [5, 5.41) is 0. The van der Waals surface area contributed by atoms with E-state index in [0.717, 1.165) is 18.2 Å². The van der Waals surface area contributed by atoms with Gasteiger partial charge in [0.25, 0.3) is 11.8 Å². The number of rotatable bonds is 7. The lowest BCUT2D eigenvalue weighted by atomic mass is 10.2. The van der Waals surface area contributed by atoms with Crippen molar-refractivity contribution < 1.29 is 36.6 Å². The Morgan fingerprint density at radius 1 is 1.06 bits per heavy atom. The first-order valence-corrected chi connectivity index (χ1v) is 11.5. The highest BCUT2D eigenvalue weighted by Gasteiger charge is 2.28. The van der Waals surface area contributed by atoms with Gasteiger partial charge in [-0.3, -0.25) is 20.4 Å². The third-order valence-corrected chi connectivity index (χ3v) is 6.70. The van der Waals surface area contributed by atoms with Gasteiger partial charge in [-0.15, -0.1) is 0 Å². The molecule has 1 saturated heterocycles. The zero-order chi connectivity index (χ0) is 24.0. The third-order valence-electron chi connectivity index (χ3n) is 4.81. The third kappa shape index (κ3) is 5.59. The van der Waals surface area contributed by atoms with E-state index in [4.69, 9.17) is 14.2 Å². The molecule has 1 aliphatic rings. The smallest absolute Gasteiger partial charge is 0.272 e. The molecular formula is C21H24FN3O7S. The van der Waals surface area contributed by atoms with E-state index in [2.05, 4.69) is 10.9 Å². The van der Waals surface area contributed by atoms with Crippen molar-refractivity contribution >= 4 is 21.8 Å². The van der Waals surface area contributed by atoms with Crippen molar-refractivity contribution in [2.75, 3.05) is 40.0 Å². The van der Waals surface area contributed by atoms with Gasteiger partial charge in [-0.05, 0) is 43.3 Å². The van der Waals surface area contributed by atoms with Gasteiger partial charge in [-0.1, -0.05) is 0 Å². The minimum atomic E-state index is -3.93. The Kier molecular flexibility index (Phi) is 7.84. The van der Waals surface area contributed by atoms with E-state index < -0.39 is 33.2 Å². The number of hydrazine groups is 1. The number of benzene rings is 2. The molecule has 0 aromatic heterocycles. The van der Waals surface area contributed by atoms with Crippen LogP contribution < -0.4 is 20.3 Å². The average Bonchev–Trinajstić information content (AvgIpc) is 2.83. The molecule has 2 N–H and O–H groups in total. The molecule has 10 nitrogen and oxygen atoms in total. The first-order valence-electron chi connectivity index (χ1n) is 10.1. The van der Waals surface area contributed by atoms with Crippen LogP contribution in [0.5, 0.6) is 11.5 Å². The maximum atomic E-state index is 14.3. The molecule has 0 saturated carbocycles. The summed E-state index contributed by atoms with van der Waals surface area (Å²) in [5.41, 5.74) is 3.88. The molecule has 0 unspecified atom stereocenters. The van der Waals surface area contributed by atoms with Gasteiger partial charge in [0, 0.05) is 18.7 Å². The number of carbonyl (C=O) groups excluding carboxylic acids is 2. The van der Waals surface area contributed by atoms with Crippen LogP contribution in [0.3, 0.4) is 0 Å². The van der Waals surface area contributed by atoms with Gasteiger partial charge >= 0.3 is 0 Å². The molecule has 0 bridgehead atoms. The summed E-state index contributed by atoms with van der Waals surface area (Å²) < 4.78 is 56.8. The molecule has 3 rings (SSSR count). The van der Waals surface area contributed by atoms with Crippen LogP contribution in [0.2, 0.25) is 0 Å². The molecule has 0 spiro atoms. The molecule has 0 aliphatic carbocycles. The predicted molar refractivity (Wildman–Crippen MR) is 115 cm³/mol. The fraction of sp³-hybridized carbons (Fsp3) is 0.333. The topological polar surface area (TPSA) is 123 Å². The normalized spacial score (nSPS) is 14.4. The molecule has 33 heavy (non-hydrogen) atoms. The highest BCUT2D eigenvalue weighted by atomic mass is 32.2. The molecule has 0 atom stereocenters. The highest BCUT2D eigenvalue weighted by Crippen LogP contribution is 2.28. The Morgan fingerprint density at radius 3 is 2.42 bits per heavy atom. The van der Waals surface area contributed by atoms with Crippen LogP contribution in [0.25, 0.3) is 0 Å². The molecule has 1 heterocycles. The maximum absolute atomic E-state index is 14.3. The average molecular weight is 482 g/mol. The van der Waals surface area contributed by atoms with Crippen LogP contribution in [0, 0.1) is 5.82 Å². The second kappa shape index (κ2) is 10.6. The number of morpholine rings is 1. The van der Waals surface area contributed by atoms with E-state index in [1.54, 1.807) is 13.0 Å². The Hall–Kier alpha value is -3.22. The molecule has 12 heteroatoms. The van der Waals surface area contributed by atoms with E-state index in [1.807, 2.05) is 0 Å². The summed E-state index contributed by atoms with van der Waals surface area (Å²) in [6, 6.07) is 7.33. The molecule has 2 aromatic rings. The van der Waals surface area contributed by atoms with Crippen LogP contribution in [-0.4, -0.2) is 64.6 Å². The van der Waals surface area contributed by atoms with Crippen molar-refractivity contribution in [2.45, 2.75) is 11.8 Å². The summed E-state index contributed by atoms with van der Waals surface area (Å²) in [6.07, 6.45) is 0. The van der Waals surface area contributed by atoms with Crippen LogP contribution in [0.1, 0.15) is 27.6 Å². The van der Waals surface area contributed by atoms with Gasteiger partial charge in [0.1, 0.15) is 5.82 Å². The highest BCUT2D eigenvalue weighted by molar-refractivity contribution is 7.89. The Morgan fingerprint density at radius 2 is 1.76 bits per heavy atom. The monoisotopic (exact) mass is 481 g/mol. The summed E-state index contributed by atoms with van der Waals surface area (Å²) >= 11 is 0. The number of hydrogen-bond donors (Lipinski definition) is 2. The number of sulfonamides is 1. The largest absolute Gasteiger partial charge is 0.493 e. The lowest BCUT2D eigenvalue weighted by Crippen LogP contribution is -2.42. The zero-order valence-corrected chi connectivity index (χ0v) is 18.9. The van der Waals surface area contributed by atoms with Crippen LogP contribution in [0.15, 0.2) is 41.3 Å². The van der Waals surface area contributed by atoms with E-state index in [-0.39, 0.29) is 36.8 Å². The summed E-state index contributed by atoms with van der Waals surface area (Å²) in [5.74, 6) is -1.88. The van der Waals surface area contributed by atoms with E-state index in [0.29, 0.717) is 18.1 Å². The lowest BCUT2D eigenvalue weighted by molar-refractivity contribution is 0.0730. The molecule has 1 aliphatic heterocycles. The van der Waals surface area contributed by atoms with Crippen molar-refractivity contribution in [3.63, 3.8) is 0 Å². The van der Waals surface area contributed by atoms with Crippen LogP contribution in [-0.2, 0) is 14.8 Å². The standard InChI is InChI=1S/C21H24FN3O7S/c1-3-32-18-7-4-14(12-19(18)30-2)20(26)23-24-21(27)16-13-15(5-6-17(16)22)33(28,29)25-8-10-31-11-9-25/h4-7,12-13H,3,8-11H2,1-2H3,(H,23,26)(H,24,27). The number of hydrogen-bond acceptors (Lipinski definition) is 7. The van der Waals surface area contributed by atoms with Crippen molar-refractivity contribution in [2.24, 2.45) is 0 Å². The van der Waals surface area contributed by atoms with E-state index in [9.17, 15) is 22.4 Å². The van der Waals surface area contributed by atoms with Crippen LogP contribution in [0.4, 0.5) is 4.39 Å². The predicted octanol–water partition coefficient (Wildman–Crippen LogP) is 1.33. The quantitative estimate of drug-likeness (QED) is 0.572. The Balaban J connectivity index is 1.73. The number of halogens is 1. The number of amides is 2. The van der Waals surface area contributed by atoms with Gasteiger partial charge in [0.2, 0.25) is 10.0 Å². The molecule has 0 radical (unpaired) electrons.